The molecule has 0 aliphatic carbocycles. The third-order valence-corrected chi connectivity index (χ3v) is 5.17. The lowest BCUT2D eigenvalue weighted by Crippen LogP contribution is -2.54. The Morgan fingerprint density at radius 2 is 2.08 bits per heavy atom. The number of nitrogens with zero attached hydrogens (tertiary/aromatic N) is 3. The second-order valence-corrected chi connectivity index (χ2v) is 7.59. The summed E-state index contributed by atoms with van der Waals surface area (Å²) >= 11 is 0. The quantitative estimate of drug-likeness (QED) is 0.862. The third kappa shape index (κ3) is 3.67. The van der Waals surface area contributed by atoms with Crippen LogP contribution in [-0.4, -0.2) is 44.9 Å². The van der Waals surface area contributed by atoms with E-state index in [2.05, 4.69) is 28.8 Å². The zero-order valence-corrected chi connectivity index (χ0v) is 15.5. The molecule has 2 aromatic heterocycles. The molecule has 138 valence electrons. The van der Waals surface area contributed by atoms with Gasteiger partial charge in [0.1, 0.15) is 5.82 Å². The Hall–Kier alpha value is -2.54. The maximum Gasteiger partial charge on any atom is 0.255 e. The minimum atomic E-state index is -0.273. The van der Waals surface area contributed by atoms with E-state index in [1.807, 2.05) is 0 Å². The van der Waals surface area contributed by atoms with Crippen LogP contribution in [-0.2, 0) is 11.2 Å². The number of aromatic nitrogens is 3. The molecule has 2 aromatic rings. The number of pyridine rings is 1. The van der Waals surface area contributed by atoms with Gasteiger partial charge in [-0.25, -0.2) is 4.98 Å². The zero-order chi connectivity index (χ0) is 18.9. The fourth-order valence-electron chi connectivity index (χ4n) is 3.31. The number of likely N-dealkylation sites (tertiary alicyclic amines) is 1. The normalized spacial score (nSPS) is 19.4. The predicted molar refractivity (Wildman–Crippen MR) is 99.5 cm³/mol. The molecule has 1 aliphatic heterocycles. The Morgan fingerprint density at radius 3 is 2.69 bits per heavy atom. The van der Waals surface area contributed by atoms with E-state index >= 15 is 0 Å². The van der Waals surface area contributed by atoms with Gasteiger partial charge in [-0.3, -0.25) is 14.6 Å². The number of aromatic amines is 1. The monoisotopic (exact) mass is 355 g/mol. The van der Waals surface area contributed by atoms with E-state index in [0.29, 0.717) is 30.2 Å². The second kappa shape index (κ2) is 6.99. The van der Waals surface area contributed by atoms with Crippen LogP contribution in [0.25, 0.3) is 11.4 Å². The van der Waals surface area contributed by atoms with Gasteiger partial charge in [-0.1, -0.05) is 13.8 Å². The lowest BCUT2D eigenvalue weighted by molar-refractivity contribution is -0.133. The van der Waals surface area contributed by atoms with Gasteiger partial charge in [-0.05, 0) is 30.9 Å². The zero-order valence-electron chi connectivity index (χ0n) is 15.5. The van der Waals surface area contributed by atoms with Crippen LogP contribution >= 0.6 is 0 Å². The van der Waals surface area contributed by atoms with Gasteiger partial charge in [0, 0.05) is 48.3 Å². The van der Waals surface area contributed by atoms with Gasteiger partial charge < -0.3 is 15.6 Å². The van der Waals surface area contributed by atoms with Gasteiger partial charge in [-0.15, -0.1) is 0 Å². The number of hydrogen-bond acceptors (Lipinski definition) is 5. The molecule has 0 spiro atoms. The fraction of sp³-hybridized carbons (Fsp3) is 0.474. The molecule has 0 radical (unpaired) electrons. The molecule has 0 aromatic carbocycles. The highest BCUT2D eigenvalue weighted by atomic mass is 16.2. The van der Waals surface area contributed by atoms with Crippen LogP contribution in [0.15, 0.2) is 29.3 Å². The molecule has 3 N–H and O–H groups in total. The lowest BCUT2D eigenvalue weighted by Gasteiger charge is -2.42. The second-order valence-electron chi connectivity index (χ2n) is 7.59. The maximum atomic E-state index is 12.7. The van der Waals surface area contributed by atoms with Crippen molar-refractivity contribution in [3.8, 4) is 11.4 Å². The number of hydrogen-bond donors (Lipinski definition) is 2. The summed E-state index contributed by atoms with van der Waals surface area (Å²) in [5.74, 6) is 0.424. The Morgan fingerprint density at radius 1 is 1.38 bits per heavy atom. The molecule has 7 nitrogen and oxygen atoms in total. The number of carbonyl (C=O) groups is 1. The van der Waals surface area contributed by atoms with Crippen LogP contribution in [0.1, 0.15) is 31.5 Å². The summed E-state index contributed by atoms with van der Waals surface area (Å²) in [5, 5.41) is 0. The molecule has 1 atom stereocenters. The van der Waals surface area contributed by atoms with E-state index in [-0.39, 0.29) is 29.3 Å². The van der Waals surface area contributed by atoms with Crippen molar-refractivity contribution in [2.45, 2.75) is 39.7 Å². The van der Waals surface area contributed by atoms with Crippen LogP contribution in [0.4, 0.5) is 0 Å². The number of aryl methyl sites for hydroxylation is 1. The van der Waals surface area contributed by atoms with Crippen molar-refractivity contribution >= 4 is 5.91 Å². The molecule has 3 rings (SSSR count). The van der Waals surface area contributed by atoms with Crippen molar-refractivity contribution in [2.24, 2.45) is 11.1 Å². The molecule has 1 amide bonds. The lowest BCUT2D eigenvalue weighted by atomic mass is 9.79. The first-order chi connectivity index (χ1) is 12.3. The largest absolute Gasteiger partial charge is 0.342 e. The fourth-order valence-corrected chi connectivity index (χ4v) is 3.31. The molecule has 1 aliphatic rings. The van der Waals surface area contributed by atoms with E-state index in [0.717, 1.165) is 12.0 Å². The summed E-state index contributed by atoms with van der Waals surface area (Å²) in [6.07, 6.45) is 4.11. The summed E-state index contributed by atoms with van der Waals surface area (Å²) in [4.78, 5) is 38.3. The van der Waals surface area contributed by atoms with Gasteiger partial charge >= 0.3 is 0 Å². The first-order valence-electron chi connectivity index (χ1n) is 8.81. The van der Waals surface area contributed by atoms with Gasteiger partial charge in [0.2, 0.25) is 5.91 Å². The highest BCUT2D eigenvalue weighted by Gasteiger charge is 2.35. The first kappa shape index (κ1) is 18.3. The van der Waals surface area contributed by atoms with E-state index in [9.17, 15) is 9.59 Å². The van der Waals surface area contributed by atoms with Crippen molar-refractivity contribution in [2.75, 3.05) is 13.1 Å². The molecule has 26 heavy (non-hydrogen) atoms. The number of H-pyrrole nitrogens is 1. The van der Waals surface area contributed by atoms with E-state index in [4.69, 9.17) is 5.73 Å². The van der Waals surface area contributed by atoms with Crippen molar-refractivity contribution in [1.29, 1.82) is 0 Å². The summed E-state index contributed by atoms with van der Waals surface area (Å²) in [7, 11) is 0. The number of amides is 1. The molecule has 1 saturated heterocycles. The number of nitrogens with one attached hydrogen (secondary N) is 1. The van der Waals surface area contributed by atoms with Crippen LogP contribution in [0.5, 0.6) is 0 Å². The van der Waals surface area contributed by atoms with Crippen LogP contribution < -0.4 is 11.3 Å². The molecule has 3 heterocycles. The molecular weight excluding hydrogens is 330 g/mol. The van der Waals surface area contributed by atoms with E-state index in [1.165, 1.54) is 0 Å². The number of nitrogens with two attached hydrogens (primary N) is 1. The molecular formula is C19H25N5O2. The summed E-state index contributed by atoms with van der Waals surface area (Å²) in [6, 6.07) is 3.64. The third-order valence-electron chi connectivity index (χ3n) is 5.17. The Kier molecular flexibility index (Phi) is 4.91. The van der Waals surface area contributed by atoms with Crippen LogP contribution in [0.2, 0.25) is 0 Å². The van der Waals surface area contributed by atoms with Crippen molar-refractivity contribution in [3.05, 3.63) is 46.1 Å². The van der Waals surface area contributed by atoms with Gasteiger partial charge in [-0.2, -0.15) is 0 Å². The number of piperidine rings is 1. The first-order valence-corrected chi connectivity index (χ1v) is 8.81. The van der Waals surface area contributed by atoms with Gasteiger partial charge in [0.15, 0.2) is 0 Å². The minimum absolute atomic E-state index is 0.0517. The number of carbonyl (C=O) groups excluding carboxylic acids is 1. The maximum absolute atomic E-state index is 12.7. The van der Waals surface area contributed by atoms with Crippen LogP contribution in [0, 0.1) is 12.3 Å². The van der Waals surface area contributed by atoms with Gasteiger partial charge in [0.25, 0.3) is 5.56 Å². The summed E-state index contributed by atoms with van der Waals surface area (Å²) in [6.45, 7) is 7.13. The Balaban J connectivity index is 1.80. The van der Waals surface area contributed by atoms with Crippen molar-refractivity contribution in [1.82, 2.24) is 19.9 Å². The molecule has 0 saturated carbocycles. The summed E-state index contributed by atoms with van der Waals surface area (Å²) in [5.41, 5.74) is 7.51. The molecule has 1 unspecified atom stereocenters. The molecule has 0 bridgehead atoms. The molecule has 1 fully saturated rings. The van der Waals surface area contributed by atoms with Crippen LogP contribution in [0.3, 0.4) is 0 Å². The van der Waals surface area contributed by atoms with E-state index in [1.54, 1.807) is 36.4 Å². The summed E-state index contributed by atoms with van der Waals surface area (Å²) < 4.78 is 0. The smallest absolute Gasteiger partial charge is 0.255 e. The predicted octanol–water partition coefficient (Wildman–Crippen LogP) is 1.27. The molecule has 7 heteroatoms. The topological polar surface area (TPSA) is 105 Å². The average Bonchev–Trinajstić information content (AvgIpc) is 2.60. The highest BCUT2D eigenvalue weighted by molar-refractivity contribution is 5.79. The minimum Gasteiger partial charge on any atom is -0.342 e. The van der Waals surface area contributed by atoms with Crippen molar-refractivity contribution in [3.63, 3.8) is 0 Å². The average molecular weight is 355 g/mol. The van der Waals surface area contributed by atoms with Gasteiger partial charge in [0.05, 0.1) is 6.42 Å². The van der Waals surface area contributed by atoms with Crippen molar-refractivity contribution < 1.29 is 4.79 Å². The highest BCUT2D eigenvalue weighted by Crippen LogP contribution is 2.28. The SMILES string of the molecule is Cc1nc(-c2ccncc2)[nH]c(=O)c1CC(=O)N1CCC(N)C(C)(C)C1. The van der Waals surface area contributed by atoms with E-state index < -0.39 is 0 Å². The Bertz CT molecular complexity index is 860. The standard InChI is InChI=1S/C19H25N5O2/c1-12-14(10-16(25)24-9-6-15(20)19(2,3)11-24)18(26)23-17(22-12)13-4-7-21-8-5-13/h4-5,7-8,15H,6,9-11,20H2,1-3H3,(H,22,23,26). The Labute approximate surface area is 152 Å². The number of rotatable bonds is 3.